The van der Waals surface area contributed by atoms with Gasteiger partial charge in [0.15, 0.2) is 0 Å². The number of hydrogen-bond acceptors (Lipinski definition) is 5. The van der Waals surface area contributed by atoms with Crippen molar-refractivity contribution in [2.24, 2.45) is 0 Å². The first kappa shape index (κ1) is 11.1. The van der Waals surface area contributed by atoms with E-state index < -0.39 is 0 Å². The van der Waals surface area contributed by atoms with Gasteiger partial charge in [0, 0.05) is 32.7 Å². The van der Waals surface area contributed by atoms with Crippen molar-refractivity contribution in [3.63, 3.8) is 0 Å². The number of likely N-dealkylation sites (N-methyl/N-ethyl adjacent to an activating group) is 1. The van der Waals surface area contributed by atoms with E-state index in [4.69, 9.17) is 0 Å². The largest absolute Gasteiger partial charge is 0.373 e. The van der Waals surface area contributed by atoms with Crippen LogP contribution in [-0.2, 0) is 0 Å². The van der Waals surface area contributed by atoms with Crippen LogP contribution in [-0.4, -0.2) is 43.2 Å². The summed E-state index contributed by atoms with van der Waals surface area (Å²) in [6.45, 7) is 2.17. The topological polar surface area (TPSA) is 53.1 Å². The van der Waals surface area contributed by atoms with Gasteiger partial charge in [-0.25, -0.2) is 9.97 Å². The molecule has 0 aliphatic carbocycles. The maximum absolute atomic E-state index is 4.31. The lowest BCUT2D eigenvalue weighted by atomic mass is 10.1. The first-order valence-electron chi connectivity index (χ1n) is 5.74. The maximum Gasteiger partial charge on any atom is 0.134 e. The molecule has 5 heteroatoms. The Labute approximate surface area is 96.3 Å². The summed E-state index contributed by atoms with van der Waals surface area (Å²) >= 11 is 0. The highest BCUT2D eigenvalue weighted by molar-refractivity contribution is 5.48. The molecule has 1 aliphatic rings. The Morgan fingerprint density at radius 2 is 2.38 bits per heavy atom. The number of nitrogens with one attached hydrogen (secondary N) is 2. The van der Waals surface area contributed by atoms with E-state index in [-0.39, 0.29) is 0 Å². The number of hydrogen-bond donors (Lipinski definition) is 2. The van der Waals surface area contributed by atoms with Crippen LogP contribution in [0.2, 0.25) is 0 Å². The molecule has 1 fully saturated rings. The third kappa shape index (κ3) is 2.41. The fraction of sp³-hybridized carbons (Fsp3) is 0.636. The van der Waals surface area contributed by atoms with Crippen LogP contribution >= 0.6 is 0 Å². The van der Waals surface area contributed by atoms with E-state index in [0.717, 1.165) is 24.7 Å². The van der Waals surface area contributed by atoms with Crippen molar-refractivity contribution in [1.29, 1.82) is 0 Å². The molecule has 1 aromatic rings. The fourth-order valence-electron chi connectivity index (χ4n) is 2.03. The van der Waals surface area contributed by atoms with Crippen LogP contribution in [0.4, 0.5) is 11.6 Å². The Morgan fingerprint density at radius 3 is 3.06 bits per heavy atom. The van der Waals surface area contributed by atoms with Gasteiger partial charge in [0.05, 0.1) is 0 Å². The van der Waals surface area contributed by atoms with E-state index >= 15 is 0 Å². The Bertz CT molecular complexity index is 335. The van der Waals surface area contributed by atoms with Gasteiger partial charge in [-0.3, -0.25) is 0 Å². The molecule has 16 heavy (non-hydrogen) atoms. The fourth-order valence-corrected chi connectivity index (χ4v) is 2.03. The van der Waals surface area contributed by atoms with Crippen molar-refractivity contribution in [3.8, 4) is 0 Å². The Balaban J connectivity index is 2.09. The second-order valence-corrected chi connectivity index (χ2v) is 4.12. The van der Waals surface area contributed by atoms with Gasteiger partial charge in [0.2, 0.25) is 0 Å². The van der Waals surface area contributed by atoms with E-state index in [2.05, 4.69) is 32.5 Å². The second-order valence-electron chi connectivity index (χ2n) is 4.12. The average molecular weight is 221 g/mol. The zero-order chi connectivity index (χ0) is 11.4. The maximum atomic E-state index is 4.31. The van der Waals surface area contributed by atoms with E-state index in [9.17, 15) is 0 Å². The molecule has 1 aliphatic heterocycles. The average Bonchev–Trinajstić information content (AvgIpc) is 2.39. The first-order chi connectivity index (χ1) is 7.81. The zero-order valence-corrected chi connectivity index (χ0v) is 9.90. The predicted molar refractivity (Wildman–Crippen MR) is 65.9 cm³/mol. The lowest BCUT2D eigenvalue weighted by Crippen LogP contribution is -2.44. The summed E-state index contributed by atoms with van der Waals surface area (Å²) in [6.07, 6.45) is 4.06. The molecule has 0 bridgehead atoms. The van der Waals surface area contributed by atoms with Gasteiger partial charge < -0.3 is 15.5 Å². The summed E-state index contributed by atoms with van der Waals surface area (Å²) in [6, 6.07) is 2.52. The molecular weight excluding hydrogens is 202 g/mol. The highest BCUT2D eigenvalue weighted by atomic mass is 15.2. The van der Waals surface area contributed by atoms with Crippen molar-refractivity contribution >= 4 is 11.6 Å². The van der Waals surface area contributed by atoms with Crippen LogP contribution in [0.1, 0.15) is 12.8 Å². The van der Waals surface area contributed by atoms with E-state index in [1.54, 1.807) is 6.33 Å². The molecule has 2 rings (SSSR count). The van der Waals surface area contributed by atoms with Crippen molar-refractivity contribution < 1.29 is 0 Å². The van der Waals surface area contributed by atoms with Crippen molar-refractivity contribution in [1.82, 2.24) is 15.3 Å². The SMILES string of the molecule is CNc1cc(N(C)C2CCCNC2)ncn1. The van der Waals surface area contributed by atoms with Gasteiger partial charge >= 0.3 is 0 Å². The lowest BCUT2D eigenvalue weighted by molar-refractivity contribution is 0.443. The van der Waals surface area contributed by atoms with Crippen LogP contribution in [0.25, 0.3) is 0 Å². The van der Waals surface area contributed by atoms with E-state index in [0.29, 0.717) is 6.04 Å². The minimum Gasteiger partial charge on any atom is -0.373 e. The van der Waals surface area contributed by atoms with Crippen LogP contribution in [0.15, 0.2) is 12.4 Å². The molecule has 5 nitrogen and oxygen atoms in total. The highest BCUT2D eigenvalue weighted by Crippen LogP contribution is 2.18. The van der Waals surface area contributed by atoms with Gasteiger partial charge in [-0.1, -0.05) is 0 Å². The predicted octanol–water partition coefficient (Wildman–Crippen LogP) is 0.706. The van der Waals surface area contributed by atoms with Gasteiger partial charge in [-0.05, 0) is 19.4 Å². The first-order valence-corrected chi connectivity index (χ1v) is 5.74. The van der Waals surface area contributed by atoms with Crippen molar-refractivity contribution in [3.05, 3.63) is 12.4 Å². The summed E-state index contributed by atoms with van der Waals surface area (Å²) in [5.41, 5.74) is 0. The molecule has 2 heterocycles. The number of piperidine rings is 1. The lowest BCUT2D eigenvalue weighted by Gasteiger charge is -2.32. The third-order valence-electron chi connectivity index (χ3n) is 3.09. The molecular formula is C11H19N5. The standard InChI is InChI=1S/C11H19N5/c1-12-10-6-11(15-8-14-10)16(2)9-4-3-5-13-7-9/h6,8-9,13H,3-5,7H2,1-2H3,(H,12,14,15). The molecule has 1 unspecified atom stereocenters. The van der Waals surface area contributed by atoms with Gasteiger partial charge in [-0.15, -0.1) is 0 Å². The normalized spacial score (nSPS) is 20.5. The summed E-state index contributed by atoms with van der Waals surface area (Å²) in [7, 11) is 3.97. The molecule has 0 amide bonds. The van der Waals surface area contributed by atoms with E-state index in [1.807, 2.05) is 13.1 Å². The molecule has 2 N–H and O–H groups in total. The number of anilines is 2. The molecule has 1 aromatic heterocycles. The second kappa shape index (κ2) is 5.12. The van der Waals surface area contributed by atoms with Crippen LogP contribution < -0.4 is 15.5 Å². The van der Waals surface area contributed by atoms with Gasteiger partial charge in [0.25, 0.3) is 0 Å². The Hall–Kier alpha value is -1.36. The summed E-state index contributed by atoms with van der Waals surface area (Å²) in [4.78, 5) is 10.7. The molecule has 1 atom stereocenters. The number of nitrogens with zero attached hydrogens (tertiary/aromatic N) is 3. The van der Waals surface area contributed by atoms with Crippen LogP contribution in [0.3, 0.4) is 0 Å². The summed E-state index contributed by atoms with van der Waals surface area (Å²) in [5.74, 6) is 1.84. The molecule has 0 spiro atoms. The monoisotopic (exact) mass is 221 g/mol. The number of aromatic nitrogens is 2. The number of rotatable bonds is 3. The van der Waals surface area contributed by atoms with Crippen LogP contribution in [0, 0.1) is 0 Å². The smallest absolute Gasteiger partial charge is 0.134 e. The van der Waals surface area contributed by atoms with Gasteiger partial charge in [-0.2, -0.15) is 0 Å². The quantitative estimate of drug-likeness (QED) is 0.787. The Kier molecular flexibility index (Phi) is 3.56. The van der Waals surface area contributed by atoms with Crippen molar-refractivity contribution in [2.75, 3.05) is 37.4 Å². The molecule has 0 saturated carbocycles. The summed E-state index contributed by atoms with van der Waals surface area (Å²) in [5, 5.41) is 6.45. The Morgan fingerprint density at radius 1 is 1.50 bits per heavy atom. The van der Waals surface area contributed by atoms with Crippen molar-refractivity contribution in [2.45, 2.75) is 18.9 Å². The minimum absolute atomic E-state index is 0.536. The van der Waals surface area contributed by atoms with E-state index in [1.165, 1.54) is 12.8 Å². The molecule has 1 saturated heterocycles. The highest BCUT2D eigenvalue weighted by Gasteiger charge is 2.18. The summed E-state index contributed by atoms with van der Waals surface area (Å²) < 4.78 is 0. The van der Waals surface area contributed by atoms with Gasteiger partial charge in [0.1, 0.15) is 18.0 Å². The molecule has 88 valence electrons. The third-order valence-corrected chi connectivity index (χ3v) is 3.09. The molecule has 0 aromatic carbocycles. The van der Waals surface area contributed by atoms with Crippen LogP contribution in [0.5, 0.6) is 0 Å². The molecule has 0 radical (unpaired) electrons. The zero-order valence-electron chi connectivity index (χ0n) is 9.90. The minimum atomic E-state index is 0.536.